The van der Waals surface area contributed by atoms with Gasteiger partial charge in [0.25, 0.3) is 0 Å². The van der Waals surface area contributed by atoms with Gasteiger partial charge in [-0.05, 0) is 24.1 Å². The summed E-state index contributed by atoms with van der Waals surface area (Å²) in [5, 5.41) is 4.20. The summed E-state index contributed by atoms with van der Waals surface area (Å²) in [4.78, 5) is 14.4. The molecule has 0 unspecified atom stereocenters. The molecule has 0 N–H and O–H groups in total. The number of carbonyl (C=O) groups excluding carboxylic acids is 1. The highest BCUT2D eigenvalue weighted by Crippen LogP contribution is 2.07. The highest BCUT2D eigenvalue weighted by molar-refractivity contribution is 5.71. The minimum absolute atomic E-state index is 0.432. The third-order valence-electron chi connectivity index (χ3n) is 2.20. The number of carbonyl (C=O) groups is 1. The van der Waals surface area contributed by atoms with Crippen LogP contribution in [0.15, 0.2) is 30.7 Å². The normalized spacial score (nSPS) is 10.2. The first-order valence-electron chi connectivity index (χ1n) is 4.78. The van der Waals surface area contributed by atoms with Crippen molar-refractivity contribution in [3.05, 3.63) is 42.0 Å². The molecule has 2 rings (SSSR count). The molecule has 0 amide bonds. The summed E-state index contributed by atoms with van der Waals surface area (Å²) in [6.45, 7) is 2.08. The fourth-order valence-corrected chi connectivity index (χ4v) is 1.29. The number of nitrogens with zero attached hydrogens (tertiary/aromatic N) is 3. The maximum absolute atomic E-state index is 10.4. The zero-order chi connectivity index (χ0) is 10.7. The van der Waals surface area contributed by atoms with Gasteiger partial charge < -0.3 is 0 Å². The van der Waals surface area contributed by atoms with Gasteiger partial charge >= 0.3 is 0 Å². The summed E-state index contributed by atoms with van der Waals surface area (Å²) >= 11 is 0. The average Bonchev–Trinajstić information content (AvgIpc) is 2.78. The number of rotatable bonds is 3. The summed E-state index contributed by atoms with van der Waals surface area (Å²) in [6.07, 6.45) is 7.10. The molecule has 0 spiro atoms. The largest absolute Gasteiger partial charge is 0.296 e. The number of aryl methyl sites for hydroxylation is 1. The predicted molar refractivity (Wildman–Crippen MR) is 56.1 cm³/mol. The smallest absolute Gasteiger partial charge is 0.168 e. The summed E-state index contributed by atoms with van der Waals surface area (Å²) in [5.41, 5.74) is 2.47. The molecule has 0 aliphatic rings. The molecule has 4 heteroatoms. The van der Waals surface area contributed by atoms with E-state index in [0.717, 1.165) is 18.4 Å². The van der Waals surface area contributed by atoms with Crippen LogP contribution in [0.1, 0.15) is 23.0 Å². The molecule has 0 saturated heterocycles. The Morgan fingerprint density at radius 2 is 2.27 bits per heavy atom. The third kappa shape index (κ3) is 1.93. The first-order valence-corrected chi connectivity index (χ1v) is 4.78. The van der Waals surface area contributed by atoms with Gasteiger partial charge in [0.05, 0.1) is 18.1 Å². The van der Waals surface area contributed by atoms with Gasteiger partial charge in [-0.1, -0.05) is 6.92 Å². The SMILES string of the molecule is CCc1cnn(-c2ccc(C=O)nc2)c1. The van der Waals surface area contributed by atoms with Crippen LogP contribution in [0.3, 0.4) is 0 Å². The van der Waals surface area contributed by atoms with E-state index in [1.807, 2.05) is 18.5 Å². The number of aromatic nitrogens is 3. The van der Waals surface area contributed by atoms with E-state index in [1.165, 1.54) is 5.56 Å². The lowest BCUT2D eigenvalue weighted by atomic mass is 10.3. The molecule has 0 fully saturated rings. The van der Waals surface area contributed by atoms with E-state index < -0.39 is 0 Å². The highest BCUT2D eigenvalue weighted by Gasteiger charge is 2.00. The molecular formula is C11H11N3O. The molecule has 4 nitrogen and oxygen atoms in total. The Kier molecular flexibility index (Phi) is 2.58. The molecule has 0 aliphatic carbocycles. The van der Waals surface area contributed by atoms with E-state index in [9.17, 15) is 4.79 Å². The van der Waals surface area contributed by atoms with E-state index >= 15 is 0 Å². The lowest BCUT2D eigenvalue weighted by Crippen LogP contribution is -1.96. The molecule has 2 aromatic heterocycles. The van der Waals surface area contributed by atoms with Crippen LogP contribution >= 0.6 is 0 Å². The van der Waals surface area contributed by atoms with Gasteiger partial charge in [0.15, 0.2) is 6.29 Å². The monoisotopic (exact) mass is 201 g/mol. The van der Waals surface area contributed by atoms with Crippen molar-refractivity contribution in [1.29, 1.82) is 0 Å². The maximum atomic E-state index is 10.4. The molecule has 15 heavy (non-hydrogen) atoms. The number of hydrogen-bond acceptors (Lipinski definition) is 3. The Labute approximate surface area is 87.6 Å². The standard InChI is InChI=1S/C11H11N3O/c1-2-9-5-13-14(7-9)11-4-3-10(8-15)12-6-11/h3-8H,2H2,1H3. The van der Waals surface area contributed by atoms with Gasteiger partial charge in [-0.15, -0.1) is 0 Å². The molecule has 2 aromatic rings. The second-order valence-electron chi connectivity index (χ2n) is 3.21. The summed E-state index contributed by atoms with van der Waals surface area (Å²) in [5.74, 6) is 0. The maximum Gasteiger partial charge on any atom is 0.168 e. The van der Waals surface area contributed by atoms with Crippen LogP contribution in [0.2, 0.25) is 0 Å². The van der Waals surface area contributed by atoms with Crippen molar-refractivity contribution in [3.8, 4) is 5.69 Å². The Balaban J connectivity index is 2.32. The van der Waals surface area contributed by atoms with E-state index in [0.29, 0.717) is 5.69 Å². The number of aldehydes is 1. The first-order chi connectivity index (χ1) is 7.33. The van der Waals surface area contributed by atoms with Gasteiger partial charge in [0.1, 0.15) is 5.69 Å². The molecular weight excluding hydrogens is 190 g/mol. The Bertz CT molecular complexity index is 459. The summed E-state index contributed by atoms with van der Waals surface area (Å²) < 4.78 is 1.75. The van der Waals surface area contributed by atoms with Crippen molar-refractivity contribution >= 4 is 6.29 Å². The molecule has 0 radical (unpaired) electrons. The van der Waals surface area contributed by atoms with Gasteiger partial charge in [-0.25, -0.2) is 4.68 Å². The second kappa shape index (κ2) is 4.04. The highest BCUT2D eigenvalue weighted by atomic mass is 16.1. The van der Waals surface area contributed by atoms with Crippen LogP contribution in [0.5, 0.6) is 0 Å². The van der Waals surface area contributed by atoms with Crippen LogP contribution in [0.4, 0.5) is 0 Å². The van der Waals surface area contributed by atoms with Crippen LogP contribution in [-0.4, -0.2) is 21.1 Å². The minimum atomic E-state index is 0.432. The fourth-order valence-electron chi connectivity index (χ4n) is 1.29. The van der Waals surface area contributed by atoms with Crippen LogP contribution in [0.25, 0.3) is 5.69 Å². The number of hydrogen-bond donors (Lipinski definition) is 0. The van der Waals surface area contributed by atoms with Gasteiger partial charge in [0, 0.05) is 6.20 Å². The predicted octanol–water partition coefficient (Wildman–Crippen LogP) is 1.64. The Morgan fingerprint density at radius 1 is 1.40 bits per heavy atom. The van der Waals surface area contributed by atoms with Crippen molar-refractivity contribution in [2.45, 2.75) is 13.3 Å². The second-order valence-corrected chi connectivity index (χ2v) is 3.21. The molecule has 0 aromatic carbocycles. The van der Waals surface area contributed by atoms with E-state index in [2.05, 4.69) is 17.0 Å². The summed E-state index contributed by atoms with van der Waals surface area (Å²) in [6, 6.07) is 3.50. The quantitative estimate of drug-likeness (QED) is 0.709. The average molecular weight is 201 g/mol. The first kappa shape index (κ1) is 9.58. The Morgan fingerprint density at radius 3 is 2.80 bits per heavy atom. The zero-order valence-electron chi connectivity index (χ0n) is 8.42. The van der Waals surface area contributed by atoms with Gasteiger partial charge in [-0.3, -0.25) is 9.78 Å². The van der Waals surface area contributed by atoms with Gasteiger partial charge in [-0.2, -0.15) is 5.10 Å². The van der Waals surface area contributed by atoms with E-state index in [-0.39, 0.29) is 0 Å². The number of pyridine rings is 1. The van der Waals surface area contributed by atoms with Crippen molar-refractivity contribution in [2.24, 2.45) is 0 Å². The van der Waals surface area contributed by atoms with Crippen molar-refractivity contribution < 1.29 is 4.79 Å². The molecule has 76 valence electrons. The third-order valence-corrected chi connectivity index (χ3v) is 2.20. The molecule has 0 bridgehead atoms. The fraction of sp³-hybridized carbons (Fsp3) is 0.182. The van der Waals surface area contributed by atoms with Crippen molar-refractivity contribution in [3.63, 3.8) is 0 Å². The summed E-state index contributed by atoms with van der Waals surface area (Å²) in [7, 11) is 0. The topological polar surface area (TPSA) is 47.8 Å². The Hall–Kier alpha value is -1.97. The van der Waals surface area contributed by atoms with Gasteiger partial charge in [0.2, 0.25) is 0 Å². The van der Waals surface area contributed by atoms with Crippen molar-refractivity contribution in [1.82, 2.24) is 14.8 Å². The molecule has 0 saturated carbocycles. The van der Waals surface area contributed by atoms with Crippen LogP contribution in [-0.2, 0) is 6.42 Å². The van der Waals surface area contributed by atoms with E-state index in [1.54, 1.807) is 16.9 Å². The molecule has 0 aliphatic heterocycles. The lowest BCUT2D eigenvalue weighted by molar-refractivity contribution is 0.111. The van der Waals surface area contributed by atoms with E-state index in [4.69, 9.17) is 0 Å². The van der Waals surface area contributed by atoms with Crippen molar-refractivity contribution in [2.75, 3.05) is 0 Å². The molecule has 2 heterocycles. The minimum Gasteiger partial charge on any atom is -0.296 e. The van der Waals surface area contributed by atoms with Crippen LogP contribution < -0.4 is 0 Å². The zero-order valence-corrected chi connectivity index (χ0v) is 8.42. The molecule has 0 atom stereocenters. The van der Waals surface area contributed by atoms with Crippen LogP contribution in [0, 0.1) is 0 Å². The lowest BCUT2D eigenvalue weighted by Gasteiger charge is -1.99.